The molecule has 1 aromatic heterocycles. The summed E-state index contributed by atoms with van der Waals surface area (Å²) in [7, 11) is 0. The van der Waals surface area contributed by atoms with Gasteiger partial charge >= 0.3 is 0 Å². The van der Waals surface area contributed by atoms with Crippen LogP contribution in [0.25, 0.3) is 33.2 Å². The van der Waals surface area contributed by atoms with Gasteiger partial charge in [-0.05, 0) is 34.5 Å². The molecule has 0 bridgehead atoms. The third-order valence-corrected chi connectivity index (χ3v) is 3.47. The first-order valence-electron chi connectivity index (χ1n) is 5.79. The fourth-order valence-corrected chi connectivity index (χ4v) is 2.66. The number of nitrogens with zero attached hydrogens (tertiary/aromatic N) is 2. The molecule has 0 spiro atoms. The number of hydrogen-bond donors (Lipinski definition) is 1. The van der Waals surface area contributed by atoms with E-state index in [1.54, 1.807) is 18.2 Å². The number of rotatable bonds is 1. The Kier molecular flexibility index (Phi) is 1.79. The molecule has 1 heterocycles. The highest BCUT2D eigenvalue weighted by molar-refractivity contribution is 6.13. The molecule has 0 saturated carbocycles. The van der Waals surface area contributed by atoms with Crippen LogP contribution in [0.3, 0.4) is 0 Å². The minimum atomic E-state index is -0.206. The number of nitroso groups, excluding NO2 is 1. The topological polar surface area (TPSA) is 75.2 Å². The molecule has 90 valence electrons. The molecule has 19 heavy (non-hydrogen) atoms. The van der Waals surface area contributed by atoms with Crippen molar-refractivity contribution in [1.29, 1.82) is 0 Å². The maximum Gasteiger partial charge on any atom is 0.272 e. The number of H-pyrrole nitrogens is 1. The Hall–Kier alpha value is -2.82. The van der Waals surface area contributed by atoms with Crippen LogP contribution < -0.4 is 5.56 Å². The SMILES string of the molecule is O=Nc1ccc2c(c1)-c1n[nH]c(=O)c3cccc-2c13. The van der Waals surface area contributed by atoms with E-state index in [9.17, 15) is 9.70 Å². The van der Waals surface area contributed by atoms with Crippen LogP contribution in [0, 0.1) is 4.91 Å². The largest absolute Gasteiger partial charge is 0.272 e. The zero-order chi connectivity index (χ0) is 13.0. The Morgan fingerprint density at radius 3 is 2.79 bits per heavy atom. The van der Waals surface area contributed by atoms with Gasteiger partial charge in [0.05, 0.1) is 11.1 Å². The first-order valence-corrected chi connectivity index (χ1v) is 5.79. The van der Waals surface area contributed by atoms with Crippen molar-refractivity contribution in [3.05, 3.63) is 51.7 Å². The summed E-state index contributed by atoms with van der Waals surface area (Å²) in [6.07, 6.45) is 0. The number of aromatic amines is 1. The van der Waals surface area contributed by atoms with Crippen molar-refractivity contribution in [3.8, 4) is 22.4 Å². The average Bonchev–Trinajstić information content (AvgIpc) is 2.78. The monoisotopic (exact) mass is 249 g/mol. The van der Waals surface area contributed by atoms with Gasteiger partial charge in [-0.15, -0.1) is 4.91 Å². The lowest BCUT2D eigenvalue weighted by Crippen LogP contribution is -2.08. The van der Waals surface area contributed by atoms with Crippen LogP contribution in [-0.2, 0) is 0 Å². The maximum absolute atomic E-state index is 11.8. The number of aromatic nitrogens is 2. The third kappa shape index (κ3) is 1.18. The van der Waals surface area contributed by atoms with Crippen molar-refractivity contribution in [2.75, 3.05) is 0 Å². The fourth-order valence-electron chi connectivity index (χ4n) is 2.66. The smallest absolute Gasteiger partial charge is 0.267 e. The summed E-state index contributed by atoms with van der Waals surface area (Å²) in [6, 6.07) is 10.8. The van der Waals surface area contributed by atoms with Crippen LogP contribution >= 0.6 is 0 Å². The van der Waals surface area contributed by atoms with Gasteiger partial charge in [0.15, 0.2) is 0 Å². The normalized spacial score (nSPS) is 11.6. The van der Waals surface area contributed by atoms with Gasteiger partial charge in [-0.3, -0.25) is 4.79 Å². The molecule has 5 nitrogen and oxygen atoms in total. The molecule has 0 fully saturated rings. The van der Waals surface area contributed by atoms with Crippen molar-refractivity contribution in [1.82, 2.24) is 10.2 Å². The molecule has 0 amide bonds. The summed E-state index contributed by atoms with van der Waals surface area (Å²) < 4.78 is 0. The number of hydrogen-bond acceptors (Lipinski definition) is 4. The molecule has 0 unspecified atom stereocenters. The Labute approximate surface area is 106 Å². The van der Waals surface area contributed by atoms with Crippen LogP contribution in [0.5, 0.6) is 0 Å². The zero-order valence-electron chi connectivity index (χ0n) is 9.68. The summed E-state index contributed by atoms with van der Waals surface area (Å²) in [6.45, 7) is 0. The van der Waals surface area contributed by atoms with Gasteiger partial charge in [0.2, 0.25) is 0 Å². The van der Waals surface area contributed by atoms with Crippen LogP contribution in [0.1, 0.15) is 0 Å². The molecule has 0 atom stereocenters. The van der Waals surface area contributed by atoms with E-state index in [-0.39, 0.29) is 5.56 Å². The summed E-state index contributed by atoms with van der Waals surface area (Å²) in [5.41, 5.74) is 3.62. The second kappa shape index (κ2) is 3.35. The molecule has 2 aromatic carbocycles. The lowest BCUT2D eigenvalue weighted by Gasteiger charge is -1.99. The van der Waals surface area contributed by atoms with Crippen LogP contribution in [0.2, 0.25) is 0 Å². The summed E-state index contributed by atoms with van der Waals surface area (Å²) in [5.74, 6) is 0. The molecule has 5 heteroatoms. The highest BCUT2D eigenvalue weighted by Crippen LogP contribution is 2.45. The molecule has 1 aliphatic carbocycles. The fraction of sp³-hybridized carbons (Fsp3) is 0. The first kappa shape index (κ1) is 10.1. The van der Waals surface area contributed by atoms with Crippen molar-refractivity contribution in [2.45, 2.75) is 0 Å². The Balaban J connectivity index is 2.23. The molecule has 4 rings (SSSR count). The van der Waals surface area contributed by atoms with Crippen molar-refractivity contribution >= 4 is 16.5 Å². The molecule has 0 radical (unpaired) electrons. The predicted octanol–water partition coefficient (Wildman–Crippen LogP) is 2.97. The Bertz CT molecular complexity index is 912. The highest BCUT2D eigenvalue weighted by atomic mass is 16.3. The molecular formula is C14H7N3O2. The second-order valence-electron chi connectivity index (χ2n) is 4.45. The van der Waals surface area contributed by atoms with Gasteiger partial charge in [0.25, 0.3) is 5.56 Å². The van der Waals surface area contributed by atoms with Crippen LogP contribution in [-0.4, -0.2) is 10.2 Å². The molecule has 0 aliphatic heterocycles. The minimum absolute atomic E-state index is 0.206. The lowest BCUT2D eigenvalue weighted by molar-refractivity contribution is 1.02. The van der Waals surface area contributed by atoms with Gasteiger partial charge < -0.3 is 0 Å². The van der Waals surface area contributed by atoms with Gasteiger partial charge in [0.1, 0.15) is 5.69 Å². The molecular weight excluding hydrogens is 242 g/mol. The van der Waals surface area contributed by atoms with E-state index in [0.717, 1.165) is 22.1 Å². The third-order valence-electron chi connectivity index (χ3n) is 3.47. The summed E-state index contributed by atoms with van der Waals surface area (Å²) in [4.78, 5) is 22.4. The number of fused-ring (bicyclic) bond motifs is 3. The second-order valence-corrected chi connectivity index (χ2v) is 4.45. The van der Waals surface area contributed by atoms with E-state index >= 15 is 0 Å². The van der Waals surface area contributed by atoms with E-state index in [1.807, 2.05) is 18.2 Å². The molecule has 3 aromatic rings. The van der Waals surface area contributed by atoms with Gasteiger partial charge in [-0.25, -0.2) is 5.10 Å². The van der Waals surface area contributed by atoms with Crippen LogP contribution in [0.4, 0.5) is 5.69 Å². The Morgan fingerprint density at radius 1 is 1.05 bits per heavy atom. The van der Waals surface area contributed by atoms with Crippen molar-refractivity contribution in [2.24, 2.45) is 5.18 Å². The highest BCUT2D eigenvalue weighted by Gasteiger charge is 2.24. The molecule has 1 N–H and O–H groups in total. The van der Waals surface area contributed by atoms with Gasteiger partial charge in [-0.2, -0.15) is 5.10 Å². The van der Waals surface area contributed by atoms with Gasteiger partial charge in [0, 0.05) is 10.9 Å². The van der Waals surface area contributed by atoms with Crippen LogP contribution in [0.15, 0.2) is 46.4 Å². The summed E-state index contributed by atoms with van der Waals surface area (Å²) >= 11 is 0. The van der Waals surface area contributed by atoms with E-state index in [2.05, 4.69) is 15.4 Å². The van der Waals surface area contributed by atoms with Crippen molar-refractivity contribution < 1.29 is 0 Å². The van der Waals surface area contributed by atoms with Crippen molar-refractivity contribution in [3.63, 3.8) is 0 Å². The van der Waals surface area contributed by atoms with E-state index < -0.39 is 0 Å². The predicted molar refractivity (Wildman–Crippen MR) is 72.2 cm³/mol. The van der Waals surface area contributed by atoms with E-state index in [4.69, 9.17) is 0 Å². The quantitative estimate of drug-likeness (QED) is 0.527. The van der Waals surface area contributed by atoms with E-state index in [1.165, 1.54) is 0 Å². The molecule has 1 aliphatic rings. The minimum Gasteiger partial charge on any atom is -0.267 e. The summed E-state index contributed by atoms with van der Waals surface area (Å²) in [5, 5.41) is 11.0. The zero-order valence-corrected chi connectivity index (χ0v) is 9.68. The number of nitrogens with one attached hydrogen (secondary N) is 1. The lowest BCUT2D eigenvalue weighted by atomic mass is 10.0. The average molecular weight is 249 g/mol. The maximum atomic E-state index is 11.8. The first-order chi connectivity index (χ1) is 9.29. The molecule has 0 saturated heterocycles. The van der Waals surface area contributed by atoms with Gasteiger partial charge in [-0.1, -0.05) is 18.2 Å². The Morgan fingerprint density at radius 2 is 1.95 bits per heavy atom. The number of benzene rings is 2. The van der Waals surface area contributed by atoms with E-state index in [0.29, 0.717) is 16.8 Å². The standard InChI is InChI=1S/C14H7N3O2/c18-14-10-3-1-2-9-8-5-4-7(17-19)6-11(8)13(12(9)10)15-16-14/h1-6H,(H,16,18).